The topological polar surface area (TPSA) is 41.8 Å². The molecule has 0 unspecified atom stereocenters. The number of phenolic OH excluding ortho intramolecular Hbond substituents is 1. The molecule has 0 aliphatic heterocycles. The maximum atomic E-state index is 10.0. The minimum absolute atomic E-state index is 0.0799. The third-order valence-corrected chi connectivity index (χ3v) is 5.80. The van der Waals surface area contributed by atoms with Crippen molar-refractivity contribution in [3.8, 4) is 11.5 Å². The van der Waals surface area contributed by atoms with Gasteiger partial charge in [-0.05, 0) is 98.1 Å². The lowest BCUT2D eigenvalue weighted by atomic mass is 10.2. The van der Waals surface area contributed by atoms with Gasteiger partial charge in [-0.2, -0.15) is 0 Å². The van der Waals surface area contributed by atoms with E-state index in [-0.39, 0.29) is 5.75 Å². The van der Waals surface area contributed by atoms with E-state index in [2.05, 4.69) is 65.5 Å². The fraction of sp³-hybridized carbons (Fsp3) is 0.188. The van der Waals surface area contributed by atoms with E-state index in [9.17, 15) is 5.11 Å². The van der Waals surface area contributed by atoms with Crippen LogP contribution < -0.4 is 4.74 Å². The van der Waals surface area contributed by atoms with E-state index >= 15 is 0 Å². The predicted octanol–water partition coefficient (Wildman–Crippen LogP) is 5.98. The van der Waals surface area contributed by atoms with Gasteiger partial charge in [-0.25, -0.2) is 0 Å². The maximum absolute atomic E-state index is 10.0. The molecular formula is C16H14Br2INO2. The van der Waals surface area contributed by atoms with E-state index < -0.39 is 0 Å². The number of halogens is 3. The van der Waals surface area contributed by atoms with E-state index in [4.69, 9.17) is 4.74 Å². The fourth-order valence-electron chi connectivity index (χ4n) is 1.87. The summed E-state index contributed by atoms with van der Waals surface area (Å²) in [6.07, 6.45) is 1.76. The SMILES string of the molecule is CCOc1cc(C=Nc2ccc(I)cc2C)c(Br)c(Br)c1O. The van der Waals surface area contributed by atoms with Gasteiger partial charge in [0.1, 0.15) is 0 Å². The Morgan fingerprint density at radius 2 is 2.00 bits per heavy atom. The molecule has 0 aromatic heterocycles. The summed E-state index contributed by atoms with van der Waals surface area (Å²) in [5, 5.41) is 10.0. The summed E-state index contributed by atoms with van der Waals surface area (Å²) < 4.78 is 7.91. The molecule has 0 saturated heterocycles. The van der Waals surface area contributed by atoms with Crippen LogP contribution in [0.3, 0.4) is 0 Å². The standard InChI is InChI=1S/C16H14Br2INO2/c1-3-22-13-7-10(14(17)15(18)16(13)21)8-20-12-5-4-11(19)6-9(12)2/h4-8,21H,3H2,1-2H3. The number of benzene rings is 2. The van der Waals surface area contributed by atoms with Crippen LogP contribution in [0.2, 0.25) is 0 Å². The van der Waals surface area contributed by atoms with Crippen molar-refractivity contribution in [3.05, 3.63) is 47.9 Å². The third-order valence-electron chi connectivity index (χ3n) is 2.98. The van der Waals surface area contributed by atoms with E-state index in [0.29, 0.717) is 16.8 Å². The van der Waals surface area contributed by atoms with E-state index in [0.717, 1.165) is 21.3 Å². The van der Waals surface area contributed by atoms with Crippen LogP contribution in [0.1, 0.15) is 18.1 Å². The zero-order valence-corrected chi connectivity index (χ0v) is 17.4. The summed E-state index contributed by atoms with van der Waals surface area (Å²) in [5.41, 5.74) is 2.85. The summed E-state index contributed by atoms with van der Waals surface area (Å²) in [6.45, 7) is 4.38. The van der Waals surface area contributed by atoms with Crippen molar-refractivity contribution in [1.82, 2.24) is 0 Å². The molecule has 2 rings (SSSR count). The Labute approximate surface area is 160 Å². The first-order chi connectivity index (χ1) is 10.4. The lowest BCUT2D eigenvalue weighted by Crippen LogP contribution is -1.95. The van der Waals surface area contributed by atoms with Crippen molar-refractivity contribution in [2.45, 2.75) is 13.8 Å². The highest BCUT2D eigenvalue weighted by molar-refractivity contribution is 14.1. The molecule has 0 aliphatic rings. The second-order valence-corrected chi connectivity index (χ2v) is 7.39. The van der Waals surface area contributed by atoms with E-state index in [1.165, 1.54) is 3.57 Å². The van der Waals surface area contributed by atoms with Gasteiger partial charge >= 0.3 is 0 Å². The van der Waals surface area contributed by atoms with Crippen LogP contribution in [-0.2, 0) is 0 Å². The number of hydrogen-bond acceptors (Lipinski definition) is 3. The lowest BCUT2D eigenvalue weighted by Gasteiger charge is -2.11. The summed E-state index contributed by atoms with van der Waals surface area (Å²) >= 11 is 9.11. The first-order valence-corrected chi connectivity index (χ1v) is 9.24. The van der Waals surface area contributed by atoms with Crippen molar-refractivity contribution in [1.29, 1.82) is 0 Å². The highest BCUT2D eigenvalue weighted by Crippen LogP contribution is 2.41. The van der Waals surface area contributed by atoms with Gasteiger partial charge in [0.25, 0.3) is 0 Å². The van der Waals surface area contributed by atoms with Crippen LogP contribution in [0.25, 0.3) is 0 Å². The van der Waals surface area contributed by atoms with Gasteiger partial charge in [0.15, 0.2) is 11.5 Å². The number of ether oxygens (including phenoxy) is 1. The Balaban J connectivity index is 2.42. The highest BCUT2D eigenvalue weighted by atomic mass is 127. The van der Waals surface area contributed by atoms with Gasteiger partial charge in [0, 0.05) is 19.8 Å². The van der Waals surface area contributed by atoms with Crippen LogP contribution >= 0.6 is 54.5 Å². The number of nitrogens with zero attached hydrogens (tertiary/aromatic N) is 1. The minimum Gasteiger partial charge on any atom is -0.503 e. The molecule has 0 bridgehead atoms. The van der Waals surface area contributed by atoms with Crippen molar-refractivity contribution in [3.63, 3.8) is 0 Å². The van der Waals surface area contributed by atoms with Crippen LogP contribution in [0.15, 0.2) is 38.2 Å². The Hall–Kier alpha value is -0.600. The van der Waals surface area contributed by atoms with Crippen molar-refractivity contribution in [2.75, 3.05) is 6.61 Å². The molecule has 0 radical (unpaired) electrons. The van der Waals surface area contributed by atoms with Gasteiger partial charge in [-0.15, -0.1) is 0 Å². The average molecular weight is 539 g/mol. The molecule has 2 aromatic rings. The second-order valence-electron chi connectivity index (χ2n) is 4.56. The quantitative estimate of drug-likeness (QED) is 0.384. The Kier molecular flexibility index (Phi) is 6.28. The van der Waals surface area contributed by atoms with Gasteiger partial charge in [-0.1, -0.05) is 0 Å². The molecule has 0 aliphatic carbocycles. The minimum atomic E-state index is 0.0799. The molecule has 1 N–H and O–H groups in total. The van der Waals surface area contributed by atoms with Crippen LogP contribution in [-0.4, -0.2) is 17.9 Å². The molecule has 22 heavy (non-hydrogen) atoms. The first kappa shape index (κ1) is 17.7. The van der Waals surface area contributed by atoms with Crippen LogP contribution in [0.4, 0.5) is 5.69 Å². The number of aliphatic imine (C=N–C) groups is 1. The molecule has 0 spiro atoms. The number of aryl methyl sites for hydroxylation is 1. The molecule has 0 saturated carbocycles. The smallest absolute Gasteiger partial charge is 0.173 e. The molecule has 0 amide bonds. The Morgan fingerprint density at radius 1 is 1.27 bits per heavy atom. The Bertz CT molecular complexity index is 733. The zero-order chi connectivity index (χ0) is 16.3. The van der Waals surface area contributed by atoms with E-state index in [1.54, 1.807) is 12.3 Å². The Morgan fingerprint density at radius 3 is 2.64 bits per heavy atom. The molecule has 0 fully saturated rings. The molecular weight excluding hydrogens is 525 g/mol. The molecule has 2 aromatic carbocycles. The van der Waals surface area contributed by atoms with Crippen molar-refractivity contribution < 1.29 is 9.84 Å². The van der Waals surface area contributed by atoms with Gasteiger partial charge < -0.3 is 9.84 Å². The molecule has 116 valence electrons. The summed E-state index contributed by atoms with van der Waals surface area (Å²) in [6, 6.07) is 7.86. The number of hydrogen-bond donors (Lipinski definition) is 1. The number of rotatable bonds is 4. The number of phenols is 1. The fourth-order valence-corrected chi connectivity index (χ4v) is 3.35. The number of aromatic hydroxyl groups is 1. The zero-order valence-electron chi connectivity index (χ0n) is 12.0. The second kappa shape index (κ2) is 7.79. The van der Waals surface area contributed by atoms with Crippen LogP contribution in [0.5, 0.6) is 11.5 Å². The first-order valence-electron chi connectivity index (χ1n) is 6.58. The highest BCUT2D eigenvalue weighted by Gasteiger charge is 2.14. The molecule has 3 nitrogen and oxygen atoms in total. The third kappa shape index (κ3) is 4.02. The average Bonchev–Trinajstić information content (AvgIpc) is 2.48. The lowest BCUT2D eigenvalue weighted by molar-refractivity contribution is 0.317. The summed E-state index contributed by atoms with van der Waals surface area (Å²) in [5.74, 6) is 0.509. The normalized spacial score (nSPS) is 11.1. The molecule has 0 atom stereocenters. The molecule has 0 heterocycles. The van der Waals surface area contributed by atoms with Crippen molar-refractivity contribution >= 4 is 66.4 Å². The van der Waals surface area contributed by atoms with Gasteiger partial charge in [-0.3, -0.25) is 4.99 Å². The summed E-state index contributed by atoms with van der Waals surface area (Å²) in [7, 11) is 0. The van der Waals surface area contributed by atoms with Gasteiger partial charge in [0.2, 0.25) is 0 Å². The predicted molar refractivity (Wildman–Crippen MR) is 106 cm³/mol. The maximum Gasteiger partial charge on any atom is 0.173 e. The van der Waals surface area contributed by atoms with E-state index in [1.807, 2.05) is 26.0 Å². The summed E-state index contributed by atoms with van der Waals surface area (Å²) in [4.78, 5) is 4.53. The monoisotopic (exact) mass is 537 g/mol. The van der Waals surface area contributed by atoms with Crippen molar-refractivity contribution in [2.24, 2.45) is 4.99 Å². The molecule has 6 heteroatoms. The van der Waals surface area contributed by atoms with Crippen LogP contribution in [0, 0.1) is 10.5 Å². The largest absolute Gasteiger partial charge is 0.503 e. The van der Waals surface area contributed by atoms with Gasteiger partial charge in [0.05, 0.1) is 16.8 Å².